The molecule has 0 amide bonds. The van der Waals surface area contributed by atoms with Gasteiger partial charge in [0.15, 0.2) is 11.6 Å². The van der Waals surface area contributed by atoms with E-state index >= 15 is 0 Å². The fraction of sp³-hybridized carbons (Fsp3) is 0.455. The van der Waals surface area contributed by atoms with E-state index in [0.717, 1.165) is 0 Å². The van der Waals surface area contributed by atoms with Crippen LogP contribution < -0.4 is 10.6 Å². The maximum absolute atomic E-state index is 13.8. The lowest BCUT2D eigenvalue weighted by atomic mass is 10.2. The largest absolute Gasteiger partial charge is 0.409 e. The summed E-state index contributed by atoms with van der Waals surface area (Å²) in [7, 11) is 0. The van der Waals surface area contributed by atoms with E-state index in [1.54, 1.807) is 4.90 Å². The number of anilines is 1. The summed E-state index contributed by atoms with van der Waals surface area (Å²) in [6.07, 6.45) is 1.71. The molecule has 0 fully saturated rings. The Hall–Kier alpha value is -1.56. The highest BCUT2D eigenvalue weighted by Crippen LogP contribution is 2.21. The highest BCUT2D eigenvalue weighted by molar-refractivity contribution is 6.30. The van der Waals surface area contributed by atoms with Crippen molar-refractivity contribution in [1.82, 2.24) is 4.98 Å². The normalized spacial score (nSPS) is 11.9. The summed E-state index contributed by atoms with van der Waals surface area (Å²) in [6.45, 7) is 4.21. The van der Waals surface area contributed by atoms with Gasteiger partial charge in [-0.3, -0.25) is 0 Å². The molecule has 1 heterocycles. The van der Waals surface area contributed by atoms with E-state index in [-0.39, 0.29) is 22.7 Å². The Kier molecular flexibility index (Phi) is 5.15. The van der Waals surface area contributed by atoms with Crippen LogP contribution >= 0.6 is 11.6 Å². The van der Waals surface area contributed by atoms with E-state index in [2.05, 4.69) is 10.1 Å². The zero-order valence-electron chi connectivity index (χ0n) is 10.3. The number of rotatable bonds is 5. The van der Waals surface area contributed by atoms with Crippen LogP contribution in [0, 0.1) is 5.82 Å². The summed E-state index contributed by atoms with van der Waals surface area (Å²) in [5.74, 6) is -0.189. The second-order valence-electron chi connectivity index (χ2n) is 4.09. The number of nitrogens with two attached hydrogens (primary N) is 1. The van der Waals surface area contributed by atoms with Crippen molar-refractivity contribution in [2.75, 3.05) is 11.4 Å². The summed E-state index contributed by atoms with van der Waals surface area (Å²) in [4.78, 5) is 5.70. The molecule has 1 aromatic rings. The average Bonchev–Trinajstić information content (AvgIpc) is 2.31. The van der Waals surface area contributed by atoms with Crippen LogP contribution in [0.1, 0.15) is 20.3 Å². The first-order valence-electron chi connectivity index (χ1n) is 5.49. The highest BCUT2D eigenvalue weighted by atomic mass is 35.5. The number of pyridine rings is 1. The fourth-order valence-electron chi connectivity index (χ4n) is 1.51. The highest BCUT2D eigenvalue weighted by Gasteiger charge is 2.17. The Morgan fingerprint density at radius 1 is 1.67 bits per heavy atom. The molecule has 5 nitrogen and oxygen atoms in total. The van der Waals surface area contributed by atoms with Gasteiger partial charge in [-0.05, 0) is 19.9 Å². The minimum atomic E-state index is -0.490. The Morgan fingerprint density at radius 2 is 2.33 bits per heavy atom. The topological polar surface area (TPSA) is 74.7 Å². The molecule has 1 rings (SSSR count). The molecule has 0 spiro atoms. The van der Waals surface area contributed by atoms with Gasteiger partial charge in [0, 0.05) is 25.2 Å². The van der Waals surface area contributed by atoms with Gasteiger partial charge in [0.2, 0.25) is 0 Å². The predicted octanol–water partition coefficient (Wildman–Crippen LogP) is 2.23. The molecule has 0 aliphatic carbocycles. The maximum atomic E-state index is 13.8. The average molecular weight is 275 g/mol. The molecule has 18 heavy (non-hydrogen) atoms. The van der Waals surface area contributed by atoms with Crippen molar-refractivity contribution in [1.29, 1.82) is 0 Å². The van der Waals surface area contributed by atoms with Crippen LogP contribution in [0.25, 0.3) is 0 Å². The summed E-state index contributed by atoms with van der Waals surface area (Å²) >= 11 is 5.66. The Balaban J connectivity index is 2.91. The number of hydrogen-bond donors (Lipinski definition) is 2. The third kappa shape index (κ3) is 3.73. The lowest BCUT2D eigenvalue weighted by Crippen LogP contribution is -2.35. The van der Waals surface area contributed by atoms with Crippen LogP contribution in [-0.4, -0.2) is 28.6 Å². The van der Waals surface area contributed by atoms with Gasteiger partial charge in [0.25, 0.3) is 0 Å². The van der Waals surface area contributed by atoms with E-state index in [1.165, 1.54) is 12.3 Å². The van der Waals surface area contributed by atoms with Gasteiger partial charge >= 0.3 is 0 Å². The van der Waals surface area contributed by atoms with Gasteiger partial charge in [-0.1, -0.05) is 16.8 Å². The molecular formula is C11H16ClFN4O. The van der Waals surface area contributed by atoms with Crippen molar-refractivity contribution >= 4 is 23.3 Å². The lowest BCUT2D eigenvalue weighted by molar-refractivity contribution is 0.317. The van der Waals surface area contributed by atoms with Gasteiger partial charge in [0.1, 0.15) is 5.84 Å². The number of amidine groups is 1. The molecule has 0 aliphatic heterocycles. The number of oxime groups is 1. The van der Waals surface area contributed by atoms with Crippen molar-refractivity contribution in [3.8, 4) is 0 Å². The second kappa shape index (κ2) is 6.39. The Morgan fingerprint density at radius 3 is 2.83 bits per heavy atom. The number of aromatic nitrogens is 1. The Labute approximate surface area is 110 Å². The third-order valence-electron chi connectivity index (χ3n) is 2.42. The Bertz CT molecular complexity index is 439. The number of hydrogen-bond acceptors (Lipinski definition) is 4. The maximum Gasteiger partial charge on any atom is 0.167 e. The number of nitrogens with zero attached hydrogens (tertiary/aromatic N) is 3. The summed E-state index contributed by atoms with van der Waals surface area (Å²) in [5, 5.41) is 11.6. The third-order valence-corrected chi connectivity index (χ3v) is 2.63. The first-order valence-corrected chi connectivity index (χ1v) is 5.87. The molecule has 0 atom stereocenters. The summed E-state index contributed by atoms with van der Waals surface area (Å²) < 4.78 is 13.8. The smallest absolute Gasteiger partial charge is 0.167 e. The molecule has 7 heteroatoms. The second-order valence-corrected chi connectivity index (χ2v) is 4.52. The molecule has 0 aromatic carbocycles. The van der Waals surface area contributed by atoms with Crippen LogP contribution in [0.15, 0.2) is 17.4 Å². The van der Waals surface area contributed by atoms with Gasteiger partial charge < -0.3 is 15.8 Å². The van der Waals surface area contributed by atoms with Gasteiger partial charge in [-0.2, -0.15) is 0 Å². The monoisotopic (exact) mass is 274 g/mol. The van der Waals surface area contributed by atoms with E-state index in [9.17, 15) is 4.39 Å². The van der Waals surface area contributed by atoms with Gasteiger partial charge in [0.05, 0.1) is 5.02 Å². The molecule has 0 unspecified atom stereocenters. The molecule has 0 bridgehead atoms. The van der Waals surface area contributed by atoms with Crippen molar-refractivity contribution < 1.29 is 9.60 Å². The van der Waals surface area contributed by atoms with E-state index in [0.29, 0.717) is 13.0 Å². The molecule has 1 aromatic heterocycles. The fourth-order valence-corrected chi connectivity index (χ4v) is 1.66. The van der Waals surface area contributed by atoms with Crippen LogP contribution in [0.2, 0.25) is 5.02 Å². The standard InChI is InChI=1S/C11H16ClFN4O/c1-7(2)17(4-3-10(14)16-18)11-9(13)5-8(12)6-15-11/h5-7,18H,3-4H2,1-2H3,(H2,14,16). The van der Waals surface area contributed by atoms with Crippen molar-refractivity contribution in [2.45, 2.75) is 26.3 Å². The molecule has 3 N–H and O–H groups in total. The molecular weight excluding hydrogens is 259 g/mol. The van der Waals surface area contributed by atoms with Crippen molar-refractivity contribution in [2.24, 2.45) is 10.9 Å². The SMILES string of the molecule is CC(C)N(CCC(N)=NO)c1ncc(Cl)cc1F. The summed E-state index contributed by atoms with van der Waals surface area (Å²) in [5.41, 5.74) is 5.40. The molecule has 0 radical (unpaired) electrons. The summed E-state index contributed by atoms with van der Waals surface area (Å²) in [6, 6.07) is 1.24. The van der Waals surface area contributed by atoms with Crippen LogP contribution in [0.5, 0.6) is 0 Å². The lowest BCUT2D eigenvalue weighted by Gasteiger charge is -2.27. The quantitative estimate of drug-likeness (QED) is 0.374. The zero-order chi connectivity index (χ0) is 13.7. The number of halogens is 2. The van der Waals surface area contributed by atoms with Gasteiger partial charge in [-0.25, -0.2) is 9.37 Å². The van der Waals surface area contributed by atoms with E-state index in [4.69, 9.17) is 22.5 Å². The molecule has 0 saturated carbocycles. The minimum Gasteiger partial charge on any atom is -0.409 e. The molecule has 100 valence electrons. The van der Waals surface area contributed by atoms with Crippen molar-refractivity contribution in [3.63, 3.8) is 0 Å². The van der Waals surface area contributed by atoms with Crippen molar-refractivity contribution in [3.05, 3.63) is 23.1 Å². The minimum absolute atomic E-state index is 0.0275. The van der Waals surface area contributed by atoms with E-state index < -0.39 is 5.82 Å². The van der Waals surface area contributed by atoms with Crippen LogP contribution in [-0.2, 0) is 0 Å². The molecule has 0 aliphatic rings. The van der Waals surface area contributed by atoms with Crippen LogP contribution in [0.4, 0.5) is 10.2 Å². The predicted molar refractivity (Wildman–Crippen MR) is 69.7 cm³/mol. The van der Waals surface area contributed by atoms with Gasteiger partial charge in [-0.15, -0.1) is 0 Å². The first-order chi connectivity index (χ1) is 8.45. The first kappa shape index (κ1) is 14.5. The molecule has 0 saturated heterocycles. The van der Waals surface area contributed by atoms with E-state index in [1.807, 2.05) is 13.8 Å². The zero-order valence-corrected chi connectivity index (χ0v) is 11.0. The van der Waals surface area contributed by atoms with Crippen LogP contribution in [0.3, 0.4) is 0 Å².